The lowest BCUT2D eigenvalue weighted by molar-refractivity contribution is 0.0982. The van der Waals surface area contributed by atoms with Gasteiger partial charge in [0.1, 0.15) is 5.00 Å². The van der Waals surface area contributed by atoms with E-state index in [4.69, 9.17) is 0 Å². The molecule has 1 aromatic heterocycles. The third-order valence-electron chi connectivity index (χ3n) is 5.93. The van der Waals surface area contributed by atoms with Gasteiger partial charge in [0.25, 0.3) is 5.91 Å². The fraction of sp³-hybridized carbons (Fsp3) is 0.458. The van der Waals surface area contributed by atoms with E-state index >= 15 is 0 Å². The summed E-state index contributed by atoms with van der Waals surface area (Å²) in [4.78, 5) is 17.1. The van der Waals surface area contributed by atoms with Crippen LogP contribution in [0.15, 0.2) is 42.5 Å². The molecule has 0 saturated carbocycles. The molecule has 0 spiro atoms. The van der Waals surface area contributed by atoms with Gasteiger partial charge in [0, 0.05) is 16.3 Å². The van der Waals surface area contributed by atoms with Gasteiger partial charge in [-0.15, -0.1) is 23.1 Å². The molecular formula is C24H30N2OS2. The van der Waals surface area contributed by atoms with Gasteiger partial charge in [-0.3, -0.25) is 9.69 Å². The van der Waals surface area contributed by atoms with Gasteiger partial charge in [0.05, 0.1) is 5.56 Å². The molecule has 1 amide bonds. The minimum Gasteiger partial charge on any atom is -0.347 e. The molecular weight excluding hydrogens is 396 g/mol. The first kappa shape index (κ1) is 20.5. The monoisotopic (exact) mass is 426 g/mol. The summed E-state index contributed by atoms with van der Waals surface area (Å²) in [6, 6.07) is 10.0. The number of thioether (sulfide) groups is 1. The summed E-state index contributed by atoms with van der Waals surface area (Å²) in [6.07, 6.45) is 3.25. The van der Waals surface area contributed by atoms with E-state index in [-0.39, 0.29) is 11.4 Å². The van der Waals surface area contributed by atoms with E-state index in [1.807, 2.05) is 42.2 Å². The first-order chi connectivity index (χ1) is 13.8. The zero-order valence-electron chi connectivity index (χ0n) is 17.7. The lowest BCUT2D eigenvalue weighted by Crippen LogP contribution is -2.47. The van der Waals surface area contributed by atoms with Crippen LogP contribution in [0.4, 0.5) is 10.7 Å². The van der Waals surface area contributed by atoms with Crippen LogP contribution in [0, 0.1) is 11.3 Å². The van der Waals surface area contributed by atoms with Crippen LogP contribution in [0.3, 0.4) is 0 Å². The lowest BCUT2D eigenvalue weighted by atomic mass is 9.72. The summed E-state index contributed by atoms with van der Waals surface area (Å²) in [5.74, 6) is 1.63. The summed E-state index contributed by atoms with van der Waals surface area (Å²) in [7, 11) is 0. The number of amides is 1. The largest absolute Gasteiger partial charge is 0.347 e. The number of anilines is 2. The SMILES string of the molecule is C=C(C)CS[C@H]1Nc2sc3c(c2C(=O)N1c1ccccc1)CC[C@@H](C(C)(C)C)C3. The normalized spacial score (nSPS) is 21.4. The minimum absolute atomic E-state index is 0.118. The molecule has 1 N–H and O–H groups in total. The van der Waals surface area contributed by atoms with Crippen molar-refractivity contribution in [3.05, 3.63) is 58.5 Å². The first-order valence-electron chi connectivity index (χ1n) is 10.3. The number of benzene rings is 1. The average molecular weight is 427 g/mol. The van der Waals surface area contributed by atoms with Crippen LogP contribution in [-0.4, -0.2) is 17.2 Å². The van der Waals surface area contributed by atoms with Gasteiger partial charge in [0.15, 0.2) is 5.50 Å². The number of carbonyl (C=O) groups excluding carboxylic acids is 1. The maximum atomic E-state index is 13.7. The van der Waals surface area contributed by atoms with Crippen molar-refractivity contribution in [3.63, 3.8) is 0 Å². The Balaban J connectivity index is 1.71. The third kappa shape index (κ3) is 3.99. The van der Waals surface area contributed by atoms with Crippen LogP contribution in [0.25, 0.3) is 0 Å². The van der Waals surface area contributed by atoms with Crippen LogP contribution in [0.1, 0.15) is 54.9 Å². The molecule has 1 aliphatic carbocycles. The summed E-state index contributed by atoms with van der Waals surface area (Å²) in [6.45, 7) is 13.1. The number of rotatable bonds is 4. The smallest absolute Gasteiger partial charge is 0.263 e. The molecule has 5 heteroatoms. The average Bonchev–Trinajstić information content (AvgIpc) is 3.04. The van der Waals surface area contributed by atoms with Gasteiger partial charge in [-0.1, -0.05) is 51.1 Å². The van der Waals surface area contributed by atoms with Crippen molar-refractivity contribution in [2.75, 3.05) is 16.0 Å². The Morgan fingerprint density at radius 1 is 1.31 bits per heavy atom. The fourth-order valence-corrected chi connectivity index (χ4v) is 6.66. The molecule has 154 valence electrons. The van der Waals surface area contributed by atoms with Gasteiger partial charge in [-0.05, 0) is 55.2 Å². The van der Waals surface area contributed by atoms with Crippen LogP contribution >= 0.6 is 23.1 Å². The zero-order valence-corrected chi connectivity index (χ0v) is 19.4. The molecule has 0 fully saturated rings. The van der Waals surface area contributed by atoms with Crippen molar-refractivity contribution in [2.45, 2.75) is 52.5 Å². The Kier molecular flexibility index (Phi) is 5.56. The zero-order chi connectivity index (χ0) is 20.8. The number of fused-ring (bicyclic) bond motifs is 3. The highest BCUT2D eigenvalue weighted by Gasteiger charge is 2.40. The molecule has 0 unspecified atom stereocenters. The molecule has 0 saturated heterocycles. The molecule has 2 aliphatic rings. The minimum atomic E-state index is -0.118. The number of hydrogen-bond donors (Lipinski definition) is 1. The van der Waals surface area contributed by atoms with Gasteiger partial charge in [-0.2, -0.15) is 0 Å². The number of nitrogens with zero attached hydrogens (tertiary/aromatic N) is 1. The van der Waals surface area contributed by atoms with Crippen LogP contribution in [0.2, 0.25) is 0 Å². The van der Waals surface area contributed by atoms with E-state index in [1.165, 1.54) is 10.4 Å². The maximum absolute atomic E-state index is 13.7. The van der Waals surface area contributed by atoms with E-state index in [9.17, 15) is 4.79 Å². The predicted molar refractivity (Wildman–Crippen MR) is 127 cm³/mol. The second-order valence-corrected chi connectivity index (χ2v) is 11.5. The highest BCUT2D eigenvalue weighted by atomic mass is 32.2. The fourth-order valence-electron chi connectivity index (χ4n) is 4.24. The highest BCUT2D eigenvalue weighted by Crippen LogP contribution is 2.47. The van der Waals surface area contributed by atoms with E-state index in [0.29, 0.717) is 11.3 Å². The Hall–Kier alpha value is -1.72. The van der Waals surface area contributed by atoms with Crippen LogP contribution < -0.4 is 10.2 Å². The first-order valence-corrected chi connectivity index (χ1v) is 12.2. The molecule has 0 bridgehead atoms. The van der Waals surface area contributed by atoms with Crippen molar-refractivity contribution >= 4 is 39.7 Å². The highest BCUT2D eigenvalue weighted by molar-refractivity contribution is 8.00. The van der Waals surface area contributed by atoms with Crippen molar-refractivity contribution in [1.82, 2.24) is 0 Å². The number of carbonyl (C=O) groups is 1. The molecule has 0 radical (unpaired) electrons. The Morgan fingerprint density at radius 3 is 2.69 bits per heavy atom. The second kappa shape index (κ2) is 7.84. The standard InChI is InChI=1S/C24H30N2OS2/c1-15(2)14-28-23-25-21-20(22(27)26(23)17-9-7-6-8-10-17)18-12-11-16(24(3,4)5)13-19(18)29-21/h6-10,16,23,25H,1,11-14H2,2-5H3/t16-,23+/m1/s1. The number of thiophene rings is 1. The van der Waals surface area contributed by atoms with E-state index < -0.39 is 0 Å². The Morgan fingerprint density at radius 2 is 2.03 bits per heavy atom. The molecule has 1 aromatic carbocycles. The van der Waals surface area contributed by atoms with Gasteiger partial charge in [0.2, 0.25) is 0 Å². The van der Waals surface area contributed by atoms with Gasteiger partial charge in [-0.25, -0.2) is 0 Å². The quantitative estimate of drug-likeness (QED) is 0.562. The molecule has 2 aromatic rings. The van der Waals surface area contributed by atoms with Crippen LogP contribution in [-0.2, 0) is 12.8 Å². The van der Waals surface area contributed by atoms with E-state index in [1.54, 1.807) is 23.1 Å². The van der Waals surface area contributed by atoms with E-state index in [0.717, 1.165) is 46.8 Å². The molecule has 1 aliphatic heterocycles. The second-order valence-electron chi connectivity index (χ2n) is 9.29. The molecule has 29 heavy (non-hydrogen) atoms. The lowest BCUT2D eigenvalue weighted by Gasteiger charge is -2.37. The Labute approximate surface area is 182 Å². The van der Waals surface area contributed by atoms with Crippen molar-refractivity contribution < 1.29 is 4.79 Å². The molecule has 3 nitrogen and oxygen atoms in total. The summed E-state index contributed by atoms with van der Waals surface area (Å²) >= 11 is 3.53. The maximum Gasteiger partial charge on any atom is 0.263 e. The van der Waals surface area contributed by atoms with Gasteiger partial charge >= 0.3 is 0 Å². The topological polar surface area (TPSA) is 32.3 Å². The van der Waals surface area contributed by atoms with Crippen LogP contribution in [0.5, 0.6) is 0 Å². The molecule has 2 heterocycles. The summed E-state index contributed by atoms with van der Waals surface area (Å²) in [5.41, 5.74) is 4.43. The summed E-state index contributed by atoms with van der Waals surface area (Å²) in [5, 5.41) is 4.74. The van der Waals surface area contributed by atoms with Crippen molar-refractivity contribution in [3.8, 4) is 0 Å². The Bertz CT molecular complexity index is 926. The van der Waals surface area contributed by atoms with Gasteiger partial charge < -0.3 is 5.32 Å². The van der Waals surface area contributed by atoms with Crippen molar-refractivity contribution in [1.29, 1.82) is 0 Å². The number of para-hydroxylation sites is 1. The predicted octanol–water partition coefficient (Wildman–Crippen LogP) is 6.56. The third-order valence-corrected chi connectivity index (χ3v) is 8.42. The molecule has 4 rings (SSSR count). The number of nitrogens with one attached hydrogen (secondary N) is 1. The van der Waals surface area contributed by atoms with E-state index in [2.05, 4.69) is 32.7 Å². The number of hydrogen-bond acceptors (Lipinski definition) is 4. The van der Waals surface area contributed by atoms with Crippen molar-refractivity contribution in [2.24, 2.45) is 11.3 Å². The summed E-state index contributed by atoms with van der Waals surface area (Å²) < 4.78 is 0. The molecule has 2 atom stereocenters.